The van der Waals surface area contributed by atoms with Gasteiger partial charge < -0.3 is 5.73 Å². The van der Waals surface area contributed by atoms with E-state index in [1.807, 2.05) is 12.1 Å². The monoisotopic (exact) mass is 299 g/mol. The molecule has 0 unspecified atom stereocenters. The van der Waals surface area contributed by atoms with Gasteiger partial charge in [0.05, 0.1) is 11.2 Å². The molecule has 104 valence electrons. The first kappa shape index (κ1) is 16.2. The fourth-order valence-corrected chi connectivity index (χ4v) is 2.43. The van der Waals surface area contributed by atoms with Crippen molar-refractivity contribution in [3.63, 3.8) is 0 Å². The molecule has 0 radical (unpaired) electrons. The van der Waals surface area contributed by atoms with Crippen LogP contribution in [-0.2, 0) is 6.54 Å². The lowest BCUT2D eigenvalue weighted by atomic mass is 10.2. The molecule has 5 heteroatoms. The number of aromatic nitrogens is 1. The number of benzene rings is 1. The predicted octanol–water partition coefficient (Wildman–Crippen LogP) is 2.61. The molecule has 0 amide bonds. The van der Waals surface area contributed by atoms with E-state index in [1.54, 1.807) is 0 Å². The Hall–Kier alpha value is -0.870. The Morgan fingerprint density at radius 2 is 1.95 bits per heavy atom. The van der Waals surface area contributed by atoms with Crippen molar-refractivity contribution in [2.45, 2.75) is 19.0 Å². The number of likely N-dealkylation sites (tertiary alicyclic amines) is 1. The minimum Gasteiger partial charge on any atom is -0.326 e. The summed E-state index contributed by atoms with van der Waals surface area (Å²) in [7, 11) is 0. The third kappa shape index (κ3) is 3.80. The minimum absolute atomic E-state index is 0. The van der Waals surface area contributed by atoms with E-state index in [0.717, 1.165) is 37.3 Å². The molecule has 3 nitrogen and oxygen atoms in total. The summed E-state index contributed by atoms with van der Waals surface area (Å²) in [4.78, 5) is 7.06. The van der Waals surface area contributed by atoms with Crippen molar-refractivity contribution in [3.05, 3.63) is 42.1 Å². The van der Waals surface area contributed by atoms with Crippen molar-refractivity contribution in [2.24, 2.45) is 5.73 Å². The van der Waals surface area contributed by atoms with E-state index in [1.165, 1.54) is 5.39 Å². The van der Waals surface area contributed by atoms with Gasteiger partial charge in [0.25, 0.3) is 0 Å². The Morgan fingerprint density at radius 1 is 1.16 bits per heavy atom. The number of pyridine rings is 1. The lowest BCUT2D eigenvalue weighted by molar-refractivity contribution is 0.323. The normalized spacial score (nSPS) is 18.9. The predicted molar refractivity (Wildman–Crippen MR) is 84.1 cm³/mol. The first-order valence-corrected chi connectivity index (χ1v) is 6.14. The lowest BCUT2D eigenvalue weighted by Gasteiger charge is -2.14. The maximum Gasteiger partial charge on any atom is 0.0705 e. The molecule has 2 heterocycles. The van der Waals surface area contributed by atoms with Gasteiger partial charge in [-0.25, -0.2) is 0 Å². The van der Waals surface area contributed by atoms with E-state index in [9.17, 15) is 0 Å². The van der Waals surface area contributed by atoms with Crippen LogP contribution in [0.25, 0.3) is 10.9 Å². The second kappa shape index (κ2) is 7.06. The van der Waals surface area contributed by atoms with Gasteiger partial charge in [0, 0.05) is 31.1 Å². The van der Waals surface area contributed by atoms with Gasteiger partial charge in [0.1, 0.15) is 0 Å². The average molecular weight is 300 g/mol. The summed E-state index contributed by atoms with van der Waals surface area (Å²) in [5.41, 5.74) is 8.12. The Morgan fingerprint density at radius 3 is 2.68 bits per heavy atom. The number of halogens is 2. The third-order valence-corrected chi connectivity index (χ3v) is 3.35. The smallest absolute Gasteiger partial charge is 0.0705 e. The van der Waals surface area contributed by atoms with E-state index < -0.39 is 0 Å². The van der Waals surface area contributed by atoms with Crippen LogP contribution in [0.3, 0.4) is 0 Å². The highest BCUT2D eigenvalue weighted by atomic mass is 35.5. The quantitative estimate of drug-likeness (QED) is 0.927. The summed E-state index contributed by atoms with van der Waals surface area (Å²) in [6.45, 7) is 3.00. The van der Waals surface area contributed by atoms with Crippen LogP contribution in [-0.4, -0.2) is 29.0 Å². The highest BCUT2D eigenvalue weighted by Gasteiger charge is 2.19. The number of hydrogen-bond acceptors (Lipinski definition) is 3. The molecule has 0 saturated carbocycles. The number of para-hydroxylation sites is 1. The summed E-state index contributed by atoms with van der Waals surface area (Å²) in [6.07, 6.45) is 1.10. The zero-order chi connectivity index (χ0) is 11.7. The molecule has 1 aliphatic heterocycles. The molecule has 1 aromatic carbocycles. The highest BCUT2D eigenvalue weighted by Crippen LogP contribution is 2.15. The summed E-state index contributed by atoms with van der Waals surface area (Å²) in [5, 5.41) is 1.20. The van der Waals surface area contributed by atoms with Crippen molar-refractivity contribution in [2.75, 3.05) is 13.1 Å². The van der Waals surface area contributed by atoms with Crippen LogP contribution in [0.4, 0.5) is 0 Å². The van der Waals surface area contributed by atoms with Gasteiger partial charge in [-0.3, -0.25) is 9.88 Å². The van der Waals surface area contributed by atoms with Crippen LogP contribution in [0.5, 0.6) is 0 Å². The Labute approximate surface area is 126 Å². The SMILES string of the molecule is Cl.Cl.N[C@H]1CCN(Cc2ccc3ccccc3n2)C1. The fraction of sp³-hybridized carbons (Fsp3) is 0.357. The molecule has 1 atom stereocenters. The topological polar surface area (TPSA) is 42.1 Å². The number of rotatable bonds is 2. The van der Waals surface area contributed by atoms with Crippen LogP contribution in [0, 0.1) is 0 Å². The van der Waals surface area contributed by atoms with Crippen LogP contribution in [0.1, 0.15) is 12.1 Å². The van der Waals surface area contributed by atoms with E-state index in [0.29, 0.717) is 6.04 Å². The number of nitrogens with two attached hydrogens (primary N) is 1. The van der Waals surface area contributed by atoms with E-state index >= 15 is 0 Å². The van der Waals surface area contributed by atoms with Gasteiger partial charge in [-0.2, -0.15) is 0 Å². The lowest BCUT2D eigenvalue weighted by Crippen LogP contribution is -2.26. The molecule has 1 fully saturated rings. The Kier molecular flexibility index (Phi) is 6.01. The van der Waals surface area contributed by atoms with E-state index in [2.05, 4.69) is 34.1 Å². The van der Waals surface area contributed by atoms with Crippen LogP contribution in [0.2, 0.25) is 0 Å². The van der Waals surface area contributed by atoms with Crippen molar-refractivity contribution >= 4 is 35.7 Å². The second-order valence-electron chi connectivity index (χ2n) is 4.78. The minimum atomic E-state index is 0. The van der Waals surface area contributed by atoms with Crippen molar-refractivity contribution in [3.8, 4) is 0 Å². The van der Waals surface area contributed by atoms with E-state index in [4.69, 9.17) is 5.73 Å². The highest BCUT2D eigenvalue weighted by molar-refractivity contribution is 5.85. The molecule has 1 aliphatic rings. The summed E-state index contributed by atoms with van der Waals surface area (Å²) < 4.78 is 0. The summed E-state index contributed by atoms with van der Waals surface area (Å²) >= 11 is 0. The number of fused-ring (bicyclic) bond motifs is 1. The van der Waals surface area contributed by atoms with Gasteiger partial charge in [-0.05, 0) is 18.6 Å². The van der Waals surface area contributed by atoms with Gasteiger partial charge >= 0.3 is 0 Å². The molecule has 1 aromatic heterocycles. The molecule has 0 bridgehead atoms. The molecule has 0 spiro atoms. The number of nitrogens with zero attached hydrogens (tertiary/aromatic N) is 2. The van der Waals surface area contributed by atoms with Crippen LogP contribution in [0.15, 0.2) is 36.4 Å². The maximum absolute atomic E-state index is 5.91. The zero-order valence-corrected chi connectivity index (χ0v) is 12.3. The summed E-state index contributed by atoms with van der Waals surface area (Å²) in [5.74, 6) is 0. The fourth-order valence-electron chi connectivity index (χ4n) is 2.43. The maximum atomic E-state index is 5.91. The zero-order valence-electron chi connectivity index (χ0n) is 10.7. The van der Waals surface area contributed by atoms with Crippen LogP contribution >= 0.6 is 24.8 Å². The molecule has 1 saturated heterocycles. The molecule has 3 rings (SSSR count). The number of hydrogen-bond donors (Lipinski definition) is 1. The van der Waals surface area contributed by atoms with Gasteiger partial charge in [0.15, 0.2) is 0 Å². The first-order chi connectivity index (χ1) is 8.31. The Bertz CT molecular complexity index is 533. The molecule has 2 N–H and O–H groups in total. The van der Waals surface area contributed by atoms with Crippen molar-refractivity contribution in [1.82, 2.24) is 9.88 Å². The molecule has 19 heavy (non-hydrogen) atoms. The molecular weight excluding hydrogens is 281 g/mol. The average Bonchev–Trinajstić information content (AvgIpc) is 2.75. The van der Waals surface area contributed by atoms with Crippen LogP contribution < -0.4 is 5.73 Å². The molecular formula is C14H19Cl2N3. The largest absolute Gasteiger partial charge is 0.326 e. The van der Waals surface area contributed by atoms with Crippen molar-refractivity contribution in [1.29, 1.82) is 0 Å². The standard InChI is InChI=1S/C14H17N3.2ClH/c15-12-7-8-17(9-12)10-13-6-5-11-3-1-2-4-14(11)16-13;;/h1-6,12H,7-10,15H2;2*1H/t12-;;/m0../s1. The Balaban J connectivity index is 0.000000902. The van der Waals surface area contributed by atoms with Gasteiger partial charge in [0.2, 0.25) is 0 Å². The van der Waals surface area contributed by atoms with Crippen molar-refractivity contribution < 1.29 is 0 Å². The van der Waals surface area contributed by atoms with Gasteiger partial charge in [-0.1, -0.05) is 24.3 Å². The van der Waals surface area contributed by atoms with Gasteiger partial charge in [-0.15, -0.1) is 24.8 Å². The molecule has 2 aromatic rings. The summed E-state index contributed by atoms with van der Waals surface area (Å²) in [6, 6.07) is 12.8. The first-order valence-electron chi connectivity index (χ1n) is 6.14. The molecule has 0 aliphatic carbocycles. The second-order valence-corrected chi connectivity index (χ2v) is 4.78. The third-order valence-electron chi connectivity index (χ3n) is 3.35. The van der Waals surface area contributed by atoms with E-state index in [-0.39, 0.29) is 24.8 Å².